The normalized spacial score (nSPS) is 18.0. The molecule has 4 aliphatic rings. The van der Waals surface area contributed by atoms with Gasteiger partial charge in [-0.15, -0.1) is 5.06 Å². The molecule has 3 heterocycles. The molecule has 0 radical (unpaired) electrons. The summed E-state index contributed by atoms with van der Waals surface area (Å²) in [6.45, 7) is 6.64. The molecule has 1 saturated carbocycles. The zero-order valence-corrected chi connectivity index (χ0v) is 42.5. The molecule has 17 nitrogen and oxygen atoms in total. The monoisotopic (exact) mass is 1030 g/mol. The molecule has 0 spiro atoms. The summed E-state index contributed by atoms with van der Waals surface area (Å²) in [6.07, 6.45) is 7.61. The second kappa shape index (κ2) is 24.3. The van der Waals surface area contributed by atoms with Crippen LogP contribution in [0.5, 0.6) is 5.75 Å². The van der Waals surface area contributed by atoms with Crippen LogP contribution in [0.15, 0.2) is 90.3 Å². The van der Waals surface area contributed by atoms with Gasteiger partial charge in [0.25, 0.3) is 17.7 Å². The van der Waals surface area contributed by atoms with E-state index in [1.165, 1.54) is 6.07 Å². The van der Waals surface area contributed by atoms with E-state index in [9.17, 15) is 33.6 Å². The van der Waals surface area contributed by atoms with E-state index < -0.39 is 28.3 Å². The minimum absolute atomic E-state index is 0.00850. The van der Waals surface area contributed by atoms with Crippen LogP contribution in [0.25, 0.3) is 0 Å². The Hall–Kier alpha value is -6.80. The van der Waals surface area contributed by atoms with Crippen LogP contribution in [0.3, 0.4) is 0 Å². The van der Waals surface area contributed by atoms with Crippen molar-refractivity contribution in [2.45, 2.75) is 95.3 Å². The molecule has 4 aromatic rings. The number of hydrogen-bond donors (Lipinski definition) is 3. The van der Waals surface area contributed by atoms with Gasteiger partial charge in [0.2, 0.25) is 17.7 Å². The second-order valence-corrected chi connectivity index (χ2v) is 22.1. The predicted molar refractivity (Wildman–Crippen MR) is 276 cm³/mol. The number of hydroxylamine groups is 2. The summed E-state index contributed by atoms with van der Waals surface area (Å²) in [7, 11) is 3.14. The van der Waals surface area contributed by atoms with Gasteiger partial charge in [0.15, 0.2) is 0 Å². The van der Waals surface area contributed by atoms with Crippen molar-refractivity contribution in [2.24, 2.45) is 11.0 Å². The number of benzene rings is 3. The Morgan fingerprint density at radius 2 is 1.68 bits per heavy atom. The summed E-state index contributed by atoms with van der Waals surface area (Å²) >= 11 is 0. The van der Waals surface area contributed by atoms with Crippen molar-refractivity contribution >= 4 is 80.1 Å². The highest BCUT2D eigenvalue weighted by atomic mass is 33.1. The number of nitrogens with one attached hydrogen (secondary N) is 3. The van der Waals surface area contributed by atoms with Gasteiger partial charge in [-0.1, -0.05) is 33.7 Å². The quantitative estimate of drug-likeness (QED) is 0.0330. The highest BCUT2D eigenvalue weighted by molar-refractivity contribution is 8.77. The molecule has 8 rings (SSSR count). The van der Waals surface area contributed by atoms with Gasteiger partial charge in [0, 0.05) is 115 Å². The number of carbonyl (C=O) groups is 7. The average molecular weight is 1040 g/mol. The lowest BCUT2D eigenvalue weighted by molar-refractivity contribution is -0.197. The largest absolute Gasteiger partial charge is 0.494 e. The first-order chi connectivity index (χ1) is 35.2. The van der Waals surface area contributed by atoms with E-state index in [2.05, 4.69) is 31.0 Å². The van der Waals surface area contributed by atoms with Crippen LogP contribution in [0.2, 0.25) is 0 Å². The second-order valence-electron chi connectivity index (χ2n) is 19.0. The summed E-state index contributed by atoms with van der Waals surface area (Å²) in [5.74, 6) is -1.67. The molecule has 1 aromatic heterocycles. The van der Waals surface area contributed by atoms with Crippen LogP contribution < -0.4 is 25.7 Å². The van der Waals surface area contributed by atoms with E-state index in [0.29, 0.717) is 78.8 Å². The summed E-state index contributed by atoms with van der Waals surface area (Å²) in [6, 6.07) is 21.1. The third-order valence-electron chi connectivity index (χ3n) is 13.0. The van der Waals surface area contributed by atoms with Crippen molar-refractivity contribution in [3.05, 3.63) is 119 Å². The number of aromatic nitrogens is 1. The molecular weight excluding hydrogens is 976 g/mol. The van der Waals surface area contributed by atoms with Crippen LogP contribution >= 0.6 is 21.6 Å². The average Bonchev–Trinajstić information content (AvgIpc) is 4.14. The Balaban J connectivity index is 0.687. The van der Waals surface area contributed by atoms with Crippen LogP contribution in [0, 0.1) is 11.7 Å². The van der Waals surface area contributed by atoms with E-state index in [1.807, 2.05) is 61.2 Å². The lowest BCUT2D eigenvalue weighted by atomic mass is 9.90. The summed E-state index contributed by atoms with van der Waals surface area (Å²) in [5.41, 5.74) is 8.58. The van der Waals surface area contributed by atoms with Gasteiger partial charge in [-0.25, -0.2) is 14.6 Å². The van der Waals surface area contributed by atoms with Crippen molar-refractivity contribution in [1.82, 2.24) is 25.7 Å². The Labute approximate surface area is 431 Å². The molecule has 2 saturated heterocycles. The molecule has 6 amide bonds. The fraction of sp³-hybridized carbons (Fsp3) is 0.415. The van der Waals surface area contributed by atoms with Crippen LogP contribution in [-0.2, 0) is 46.6 Å². The predicted octanol–water partition coefficient (Wildman–Crippen LogP) is 7.10. The van der Waals surface area contributed by atoms with E-state index in [1.54, 1.807) is 58.2 Å². The van der Waals surface area contributed by atoms with E-state index in [4.69, 9.17) is 9.57 Å². The Kier molecular flexibility index (Phi) is 17.5. The number of pyridine rings is 1. The number of fused-ring (bicyclic) bond motifs is 1. The van der Waals surface area contributed by atoms with Crippen molar-refractivity contribution < 1.29 is 47.5 Å². The minimum Gasteiger partial charge on any atom is -0.494 e. The fourth-order valence-electron chi connectivity index (χ4n) is 8.90. The minimum atomic E-state index is -0.668. The molecule has 2 unspecified atom stereocenters. The van der Waals surface area contributed by atoms with Gasteiger partial charge in [-0.2, -0.15) is 5.10 Å². The number of amides is 6. The molecular formula is C53H59FN8O9S2. The summed E-state index contributed by atoms with van der Waals surface area (Å²) in [4.78, 5) is 100. The van der Waals surface area contributed by atoms with Crippen molar-refractivity contribution in [3.63, 3.8) is 0 Å². The number of imide groups is 1. The number of carbonyl (C=O) groups excluding carboxylic acids is 7. The Morgan fingerprint density at radius 3 is 2.42 bits per heavy atom. The number of hydrogen-bond acceptors (Lipinski definition) is 14. The highest BCUT2D eigenvalue weighted by Gasteiger charge is 2.44. The van der Waals surface area contributed by atoms with Gasteiger partial charge < -0.3 is 30.0 Å². The van der Waals surface area contributed by atoms with E-state index in [0.717, 1.165) is 47.4 Å². The molecule has 3 aromatic carbocycles. The number of nitrogens with zero attached hydrogens (tertiary/aromatic N) is 5. The van der Waals surface area contributed by atoms with Crippen molar-refractivity contribution in [2.75, 3.05) is 48.8 Å². The number of halogens is 1. The first-order valence-electron chi connectivity index (χ1n) is 24.6. The molecule has 3 fully saturated rings. The van der Waals surface area contributed by atoms with Gasteiger partial charge in [-0.05, 0) is 124 Å². The molecule has 20 heteroatoms. The van der Waals surface area contributed by atoms with Gasteiger partial charge in [0.1, 0.15) is 11.6 Å². The van der Waals surface area contributed by atoms with E-state index in [-0.39, 0.29) is 74.3 Å². The van der Waals surface area contributed by atoms with Gasteiger partial charge >= 0.3 is 5.97 Å². The number of anilines is 2. The third kappa shape index (κ3) is 14.5. The zero-order valence-electron chi connectivity index (χ0n) is 40.9. The topological polar surface area (TPSA) is 209 Å². The van der Waals surface area contributed by atoms with Gasteiger partial charge in [0.05, 0.1) is 18.7 Å². The van der Waals surface area contributed by atoms with Crippen LogP contribution in [-0.4, -0.2) is 105 Å². The number of rotatable bonds is 21. The van der Waals surface area contributed by atoms with Gasteiger partial charge in [-0.3, -0.25) is 33.8 Å². The molecule has 2 aliphatic heterocycles. The zero-order chi connectivity index (χ0) is 51.5. The number of piperazine rings is 1. The summed E-state index contributed by atoms with van der Waals surface area (Å²) in [5, 5.41) is 10.6. The molecule has 384 valence electrons. The lowest BCUT2D eigenvalue weighted by Crippen LogP contribution is -2.48. The Morgan fingerprint density at radius 1 is 0.904 bits per heavy atom. The molecule has 2 aliphatic carbocycles. The van der Waals surface area contributed by atoms with Crippen molar-refractivity contribution in [3.8, 4) is 5.75 Å². The first-order valence-corrected chi connectivity index (χ1v) is 26.9. The SMILES string of the molecule is CC(C)(CC(=O)N/N=C1\CCCc2cc(OCCCC(=O)ON3C(=O)CCC3=O)ccc21)SSCCC(=O)N1CCN(c2ccc(C(=O)NCc3ccc(NC(=O)C4CC4c4cccnc4)cc3F)cc2)CC1. The highest BCUT2D eigenvalue weighted by Crippen LogP contribution is 2.47. The van der Waals surface area contributed by atoms with E-state index >= 15 is 4.39 Å². The van der Waals surface area contributed by atoms with Crippen LogP contribution in [0.4, 0.5) is 15.8 Å². The summed E-state index contributed by atoms with van der Waals surface area (Å²) < 4.78 is 20.4. The number of ether oxygens (including phenoxy) is 1. The molecule has 2 atom stereocenters. The third-order valence-corrected chi connectivity index (χ3v) is 16.2. The van der Waals surface area contributed by atoms with Crippen molar-refractivity contribution in [1.29, 1.82) is 0 Å². The maximum absolute atomic E-state index is 15.0. The standard InChI is InChI=1S/C53H59FN8O9S2/c1-53(2,31-46(63)59-58-45-8-3-6-35-28-40(16-17-41(35)45)70-26-5-9-50(67)71-62-48(65)18-19-49(62)66)73-72-27-20-47(64)61-24-22-60(23-25-61)39-14-11-34(12-15-39)51(68)56-33-37-10-13-38(29-44(37)54)57-52(69)43-30-42(43)36-7-4-21-55-32-36/h4,7,10-17,21,28-29,32,42-43H,3,5-6,8-9,18-20,22-27,30-31,33H2,1-2H3,(H,56,68)(H,57,69)(H,59,63)/b58-45+. The maximum atomic E-state index is 15.0. The first kappa shape index (κ1) is 52.5. The maximum Gasteiger partial charge on any atom is 0.333 e. The smallest absolute Gasteiger partial charge is 0.333 e. The van der Waals surface area contributed by atoms with Crippen LogP contribution in [0.1, 0.15) is 110 Å². The fourth-order valence-corrected chi connectivity index (χ4v) is 11.4. The molecule has 73 heavy (non-hydrogen) atoms. The molecule has 3 N–H and O–H groups in total. The Bertz CT molecular complexity index is 2720. The number of hydrazone groups is 1. The number of aryl methyl sites for hydroxylation is 1. The lowest BCUT2D eigenvalue weighted by Gasteiger charge is -2.36. The molecule has 0 bridgehead atoms.